The van der Waals surface area contributed by atoms with Gasteiger partial charge < -0.3 is 10.2 Å². The number of benzene rings is 1. The Kier molecular flexibility index (Phi) is 4.74. The van der Waals surface area contributed by atoms with E-state index in [9.17, 15) is 13.6 Å². The SMILES string of the molecule is CC1CCCN(c2cncc(C(=O)Nc3ccc(F)c(F)c3)c2)C1. The summed E-state index contributed by atoms with van der Waals surface area (Å²) in [4.78, 5) is 18.7. The second kappa shape index (κ2) is 6.95. The Morgan fingerprint density at radius 2 is 2.08 bits per heavy atom. The zero-order valence-electron chi connectivity index (χ0n) is 13.4. The minimum atomic E-state index is -0.998. The van der Waals surface area contributed by atoms with Gasteiger partial charge in [-0.25, -0.2) is 8.78 Å². The lowest BCUT2D eigenvalue weighted by molar-refractivity contribution is 0.102. The average Bonchev–Trinajstić information content (AvgIpc) is 2.58. The predicted octanol–water partition coefficient (Wildman–Crippen LogP) is 3.85. The van der Waals surface area contributed by atoms with E-state index >= 15 is 0 Å². The number of nitrogens with zero attached hydrogens (tertiary/aromatic N) is 2. The summed E-state index contributed by atoms with van der Waals surface area (Å²) in [6, 6.07) is 5.03. The summed E-state index contributed by atoms with van der Waals surface area (Å²) in [5.74, 6) is -1.74. The van der Waals surface area contributed by atoms with E-state index < -0.39 is 17.5 Å². The van der Waals surface area contributed by atoms with Crippen LogP contribution >= 0.6 is 0 Å². The van der Waals surface area contributed by atoms with Crippen LogP contribution in [0.1, 0.15) is 30.1 Å². The number of nitrogens with one attached hydrogen (secondary N) is 1. The monoisotopic (exact) mass is 331 g/mol. The molecule has 1 atom stereocenters. The largest absolute Gasteiger partial charge is 0.370 e. The molecule has 1 unspecified atom stereocenters. The molecule has 1 N–H and O–H groups in total. The number of carbonyl (C=O) groups excluding carboxylic acids is 1. The van der Waals surface area contributed by atoms with Crippen molar-refractivity contribution in [1.29, 1.82) is 0 Å². The first-order valence-electron chi connectivity index (χ1n) is 7.99. The number of piperidine rings is 1. The van der Waals surface area contributed by atoms with Crippen LogP contribution in [-0.2, 0) is 0 Å². The summed E-state index contributed by atoms with van der Waals surface area (Å²) in [6.45, 7) is 4.09. The van der Waals surface area contributed by atoms with Crippen molar-refractivity contribution >= 4 is 17.3 Å². The third kappa shape index (κ3) is 3.69. The van der Waals surface area contributed by atoms with Gasteiger partial charge >= 0.3 is 0 Å². The highest BCUT2D eigenvalue weighted by molar-refractivity contribution is 6.04. The molecule has 1 aromatic carbocycles. The minimum Gasteiger partial charge on any atom is -0.370 e. The molecule has 2 heterocycles. The Morgan fingerprint density at radius 1 is 1.25 bits per heavy atom. The Hall–Kier alpha value is -2.50. The van der Waals surface area contributed by atoms with Crippen LogP contribution in [0.25, 0.3) is 0 Å². The van der Waals surface area contributed by atoms with Gasteiger partial charge in [0.1, 0.15) is 0 Å². The maximum Gasteiger partial charge on any atom is 0.257 e. The Bertz CT molecular complexity index is 751. The highest BCUT2D eigenvalue weighted by Crippen LogP contribution is 2.23. The van der Waals surface area contributed by atoms with Crippen molar-refractivity contribution in [2.24, 2.45) is 5.92 Å². The molecule has 0 radical (unpaired) electrons. The molecule has 1 aliphatic rings. The summed E-state index contributed by atoms with van der Waals surface area (Å²) in [7, 11) is 0. The number of amides is 1. The van der Waals surface area contributed by atoms with Crippen LogP contribution in [-0.4, -0.2) is 24.0 Å². The number of aromatic nitrogens is 1. The van der Waals surface area contributed by atoms with Gasteiger partial charge in [-0.1, -0.05) is 6.92 Å². The molecule has 1 saturated heterocycles. The van der Waals surface area contributed by atoms with E-state index in [0.717, 1.165) is 37.3 Å². The average molecular weight is 331 g/mol. The fourth-order valence-corrected chi connectivity index (χ4v) is 2.93. The van der Waals surface area contributed by atoms with Crippen molar-refractivity contribution in [3.8, 4) is 0 Å². The molecule has 126 valence electrons. The van der Waals surface area contributed by atoms with Crippen molar-refractivity contribution in [2.75, 3.05) is 23.3 Å². The van der Waals surface area contributed by atoms with E-state index in [1.54, 1.807) is 12.3 Å². The molecule has 1 aromatic heterocycles. The van der Waals surface area contributed by atoms with E-state index in [0.29, 0.717) is 11.5 Å². The van der Waals surface area contributed by atoms with Gasteiger partial charge in [0.15, 0.2) is 11.6 Å². The third-order valence-corrected chi connectivity index (χ3v) is 4.19. The van der Waals surface area contributed by atoms with Crippen molar-refractivity contribution in [3.05, 3.63) is 53.9 Å². The lowest BCUT2D eigenvalue weighted by atomic mass is 10.00. The lowest BCUT2D eigenvalue weighted by Crippen LogP contribution is -2.34. The van der Waals surface area contributed by atoms with Crippen LogP contribution in [0.3, 0.4) is 0 Å². The first kappa shape index (κ1) is 16.4. The van der Waals surface area contributed by atoms with Gasteiger partial charge in [0.25, 0.3) is 5.91 Å². The van der Waals surface area contributed by atoms with Crippen LogP contribution in [0.2, 0.25) is 0 Å². The fourth-order valence-electron chi connectivity index (χ4n) is 2.93. The number of hydrogen-bond acceptors (Lipinski definition) is 3. The number of halogens is 2. The van der Waals surface area contributed by atoms with E-state index in [1.165, 1.54) is 18.7 Å². The molecule has 1 amide bonds. The molecule has 4 nitrogen and oxygen atoms in total. The molecule has 6 heteroatoms. The second-order valence-electron chi connectivity index (χ2n) is 6.21. The molecule has 0 aliphatic carbocycles. The van der Waals surface area contributed by atoms with Gasteiger partial charge in [0, 0.05) is 31.0 Å². The maximum absolute atomic E-state index is 13.2. The van der Waals surface area contributed by atoms with Crippen LogP contribution in [0.15, 0.2) is 36.7 Å². The fraction of sp³-hybridized carbons (Fsp3) is 0.333. The molecule has 1 fully saturated rings. The van der Waals surface area contributed by atoms with Crippen molar-refractivity contribution < 1.29 is 13.6 Å². The summed E-state index contributed by atoms with van der Waals surface area (Å²) < 4.78 is 26.2. The Labute approximate surface area is 139 Å². The number of pyridine rings is 1. The summed E-state index contributed by atoms with van der Waals surface area (Å²) in [5.41, 5.74) is 1.49. The summed E-state index contributed by atoms with van der Waals surface area (Å²) in [6.07, 6.45) is 5.53. The van der Waals surface area contributed by atoms with Crippen LogP contribution in [0.5, 0.6) is 0 Å². The van der Waals surface area contributed by atoms with Gasteiger partial charge in [0.2, 0.25) is 0 Å². The first-order chi connectivity index (χ1) is 11.5. The van der Waals surface area contributed by atoms with Crippen molar-refractivity contribution in [1.82, 2.24) is 4.98 Å². The molecule has 1 aliphatic heterocycles. The zero-order chi connectivity index (χ0) is 17.1. The van der Waals surface area contributed by atoms with E-state index in [4.69, 9.17) is 0 Å². The normalized spacial score (nSPS) is 17.6. The third-order valence-electron chi connectivity index (χ3n) is 4.19. The Balaban J connectivity index is 1.75. The highest BCUT2D eigenvalue weighted by atomic mass is 19.2. The van der Waals surface area contributed by atoms with E-state index in [2.05, 4.69) is 22.1 Å². The van der Waals surface area contributed by atoms with E-state index in [1.807, 2.05) is 0 Å². The molecule has 24 heavy (non-hydrogen) atoms. The van der Waals surface area contributed by atoms with E-state index in [-0.39, 0.29) is 5.69 Å². The predicted molar refractivity (Wildman–Crippen MR) is 89.2 cm³/mol. The lowest BCUT2D eigenvalue weighted by Gasteiger charge is -2.32. The second-order valence-corrected chi connectivity index (χ2v) is 6.21. The van der Waals surface area contributed by atoms with Gasteiger partial charge in [-0.15, -0.1) is 0 Å². The molecule has 2 aromatic rings. The smallest absolute Gasteiger partial charge is 0.257 e. The molecular weight excluding hydrogens is 312 g/mol. The van der Waals surface area contributed by atoms with Gasteiger partial charge in [-0.2, -0.15) is 0 Å². The molecule has 3 rings (SSSR count). The van der Waals surface area contributed by atoms with Crippen LogP contribution < -0.4 is 10.2 Å². The van der Waals surface area contributed by atoms with Gasteiger partial charge in [-0.05, 0) is 37.0 Å². The number of carbonyl (C=O) groups is 1. The molecular formula is C18H19F2N3O. The first-order valence-corrected chi connectivity index (χ1v) is 7.99. The number of anilines is 2. The summed E-state index contributed by atoms with van der Waals surface area (Å²) >= 11 is 0. The van der Waals surface area contributed by atoms with Crippen LogP contribution in [0, 0.1) is 17.6 Å². The summed E-state index contributed by atoms with van der Waals surface area (Å²) in [5, 5.41) is 2.56. The quantitative estimate of drug-likeness (QED) is 0.929. The van der Waals surface area contributed by atoms with Gasteiger partial charge in [-0.3, -0.25) is 9.78 Å². The van der Waals surface area contributed by atoms with Crippen molar-refractivity contribution in [2.45, 2.75) is 19.8 Å². The molecule has 0 spiro atoms. The standard InChI is InChI=1S/C18H19F2N3O/c1-12-3-2-6-23(11-12)15-7-13(9-21-10-15)18(24)22-14-4-5-16(19)17(20)8-14/h4-5,7-10,12H,2-3,6,11H2,1H3,(H,22,24). The minimum absolute atomic E-state index is 0.205. The van der Waals surface area contributed by atoms with Gasteiger partial charge in [0.05, 0.1) is 17.4 Å². The Morgan fingerprint density at radius 3 is 2.83 bits per heavy atom. The number of rotatable bonds is 3. The zero-order valence-corrected chi connectivity index (χ0v) is 13.4. The van der Waals surface area contributed by atoms with Crippen molar-refractivity contribution in [3.63, 3.8) is 0 Å². The highest BCUT2D eigenvalue weighted by Gasteiger charge is 2.18. The molecule has 0 saturated carbocycles. The van der Waals surface area contributed by atoms with Crippen LogP contribution in [0.4, 0.5) is 20.2 Å². The molecule has 0 bridgehead atoms. The number of hydrogen-bond donors (Lipinski definition) is 1. The topological polar surface area (TPSA) is 45.2 Å². The maximum atomic E-state index is 13.2.